The zero-order valence-electron chi connectivity index (χ0n) is 11.6. The molecule has 0 unspecified atom stereocenters. The summed E-state index contributed by atoms with van der Waals surface area (Å²) in [6.07, 6.45) is 5.65. The van der Waals surface area contributed by atoms with Gasteiger partial charge in [0, 0.05) is 24.7 Å². The standard InChI is InChI=1S/C15H21ClN2O/c1-3-4-5-11-10-18(7-6-17)14-9-13(16)15(19-2)8-12(11)14/h8-10H,3-7,17H2,1-2H3. The van der Waals surface area contributed by atoms with Crippen molar-refractivity contribution in [1.82, 2.24) is 4.57 Å². The summed E-state index contributed by atoms with van der Waals surface area (Å²) < 4.78 is 7.50. The Labute approximate surface area is 119 Å². The molecule has 0 aliphatic carbocycles. The van der Waals surface area contributed by atoms with Gasteiger partial charge in [-0.1, -0.05) is 24.9 Å². The van der Waals surface area contributed by atoms with Gasteiger partial charge in [-0.25, -0.2) is 0 Å². The first kappa shape index (κ1) is 14.2. The molecule has 1 heterocycles. The van der Waals surface area contributed by atoms with Crippen molar-refractivity contribution in [3.63, 3.8) is 0 Å². The molecule has 19 heavy (non-hydrogen) atoms. The monoisotopic (exact) mass is 280 g/mol. The van der Waals surface area contributed by atoms with Gasteiger partial charge in [-0.2, -0.15) is 0 Å². The molecular formula is C15H21ClN2O. The summed E-state index contributed by atoms with van der Waals surface area (Å²) >= 11 is 6.22. The normalized spacial score (nSPS) is 11.2. The predicted octanol–water partition coefficient (Wildman–Crippen LogP) is 3.60. The van der Waals surface area contributed by atoms with Crippen LogP contribution in [0.3, 0.4) is 0 Å². The fourth-order valence-electron chi connectivity index (χ4n) is 2.41. The topological polar surface area (TPSA) is 40.2 Å². The van der Waals surface area contributed by atoms with E-state index in [4.69, 9.17) is 22.1 Å². The fourth-order valence-corrected chi connectivity index (χ4v) is 2.65. The number of halogens is 1. The molecule has 1 aromatic heterocycles. The van der Waals surface area contributed by atoms with Crippen LogP contribution in [0.15, 0.2) is 18.3 Å². The number of ether oxygens (including phenoxy) is 1. The first-order valence-corrected chi connectivity index (χ1v) is 7.14. The fraction of sp³-hybridized carbons (Fsp3) is 0.467. The predicted molar refractivity (Wildman–Crippen MR) is 81.2 cm³/mol. The molecule has 0 amide bonds. The van der Waals surface area contributed by atoms with E-state index in [0.717, 1.165) is 24.2 Å². The molecule has 0 fully saturated rings. The lowest BCUT2D eigenvalue weighted by molar-refractivity contribution is 0.415. The minimum atomic E-state index is 0.626. The lowest BCUT2D eigenvalue weighted by Gasteiger charge is -2.06. The summed E-state index contributed by atoms with van der Waals surface area (Å²) in [4.78, 5) is 0. The highest BCUT2D eigenvalue weighted by atomic mass is 35.5. The summed E-state index contributed by atoms with van der Waals surface area (Å²) in [5, 5.41) is 1.87. The summed E-state index contributed by atoms with van der Waals surface area (Å²) in [6, 6.07) is 4.01. The van der Waals surface area contributed by atoms with Crippen LogP contribution in [-0.4, -0.2) is 18.2 Å². The number of hydrogen-bond donors (Lipinski definition) is 1. The highest BCUT2D eigenvalue weighted by Gasteiger charge is 2.12. The van der Waals surface area contributed by atoms with Crippen LogP contribution in [0.1, 0.15) is 25.3 Å². The van der Waals surface area contributed by atoms with Crippen LogP contribution < -0.4 is 10.5 Å². The minimum absolute atomic E-state index is 0.626. The molecule has 0 aliphatic rings. The van der Waals surface area contributed by atoms with Crippen LogP contribution in [0, 0.1) is 0 Å². The SMILES string of the molecule is CCCCc1cn(CCN)c2cc(Cl)c(OC)cc12. The molecule has 3 nitrogen and oxygen atoms in total. The zero-order chi connectivity index (χ0) is 13.8. The van der Waals surface area contributed by atoms with E-state index < -0.39 is 0 Å². The Morgan fingerprint density at radius 3 is 2.79 bits per heavy atom. The number of nitrogens with two attached hydrogens (primary N) is 1. The van der Waals surface area contributed by atoms with E-state index in [1.165, 1.54) is 23.8 Å². The highest BCUT2D eigenvalue weighted by molar-refractivity contribution is 6.32. The second-order valence-electron chi connectivity index (χ2n) is 4.74. The van der Waals surface area contributed by atoms with Gasteiger partial charge in [0.2, 0.25) is 0 Å². The smallest absolute Gasteiger partial charge is 0.138 e. The second-order valence-corrected chi connectivity index (χ2v) is 5.15. The second kappa shape index (κ2) is 6.31. The number of benzene rings is 1. The Morgan fingerprint density at radius 1 is 1.37 bits per heavy atom. The van der Waals surface area contributed by atoms with Crippen LogP contribution in [0.2, 0.25) is 5.02 Å². The van der Waals surface area contributed by atoms with Crippen LogP contribution in [0.4, 0.5) is 0 Å². The first-order chi connectivity index (χ1) is 9.21. The summed E-state index contributed by atoms with van der Waals surface area (Å²) in [6.45, 7) is 3.64. The molecule has 2 rings (SSSR count). The molecule has 4 heteroatoms. The van der Waals surface area contributed by atoms with Crippen molar-refractivity contribution in [2.75, 3.05) is 13.7 Å². The number of hydrogen-bond acceptors (Lipinski definition) is 2. The van der Waals surface area contributed by atoms with E-state index in [1.807, 2.05) is 12.1 Å². The Hall–Kier alpha value is -1.19. The zero-order valence-corrected chi connectivity index (χ0v) is 12.3. The summed E-state index contributed by atoms with van der Waals surface area (Å²) in [5.41, 5.74) is 8.17. The van der Waals surface area contributed by atoms with E-state index in [1.54, 1.807) is 7.11 Å². The number of methoxy groups -OCH3 is 1. The average molecular weight is 281 g/mol. The first-order valence-electron chi connectivity index (χ1n) is 6.76. The molecule has 0 radical (unpaired) electrons. The molecule has 104 valence electrons. The van der Waals surface area contributed by atoms with Crippen LogP contribution >= 0.6 is 11.6 Å². The Morgan fingerprint density at radius 2 is 2.16 bits per heavy atom. The van der Waals surface area contributed by atoms with E-state index in [0.29, 0.717) is 11.6 Å². The number of unbranched alkanes of at least 4 members (excludes halogenated alkanes) is 1. The Balaban J connectivity index is 2.54. The van der Waals surface area contributed by atoms with Gasteiger partial charge in [0.25, 0.3) is 0 Å². The van der Waals surface area contributed by atoms with E-state index in [-0.39, 0.29) is 0 Å². The van der Waals surface area contributed by atoms with Crippen LogP contribution in [0.5, 0.6) is 5.75 Å². The van der Waals surface area contributed by atoms with Crippen molar-refractivity contribution in [3.05, 3.63) is 28.9 Å². The number of aryl methyl sites for hydroxylation is 1. The molecule has 0 bridgehead atoms. The third-order valence-corrected chi connectivity index (χ3v) is 3.70. The molecule has 1 aromatic carbocycles. The van der Waals surface area contributed by atoms with Gasteiger partial charge in [0.15, 0.2) is 0 Å². The number of rotatable bonds is 6. The molecule has 0 saturated heterocycles. The number of aromatic nitrogens is 1. The summed E-state index contributed by atoms with van der Waals surface area (Å²) in [7, 11) is 1.65. The Kier molecular flexibility index (Phi) is 4.72. The maximum absolute atomic E-state index is 6.22. The minimum Gasteiger partial charge on any atom is -0.495 e. The van der Waals surface area contributed by atoms with Gasteiger partial charge in [-0.15, -0.1) is 0 Å². The van der Waals surface area contributed by atoms with Gasteiger partial charge in [-0.05, 0) is 30.5 Å². The molecule has 2 N–H and O–H groups in total. The molecule has 0 atom stereocenters. The largest absolute Gasteiger partial charge is 0.495 e. The average Bonchev–Trinajstić information content (AvgIpc) is 2.73. The quantitative estimate of drug-likeness (QED) is 0.878. The molecule has 2 aromatic rings. The van der Waals surface area contributed by atoms with Crippen molar-refractivity contribution in [3.8, 4) is 5.75 Å². The third kappa shape index (κ3) is 2.88. The van der Waals surface area contributed by atoms with E-state index >= 15 is 0 Å². The van der Waals surface area contributed by atoms with Gasteiger partial charge in [-0.3, -0.25) is 0 Å². The Bertz CT molecular complexity index is 563. The molecule has 0 aliphatic heterocycles. The van der Waals surface area contributed by atoms with Crippen LogP contribution in [-0.2, 0) is 13.0 Å². The maximum Gasteiger partial charge on any atom is 0.138 e. The lowest BCUT2D eigenvalue weighted by atomic mass is 10.1. The van der Waals surface area contributed by atoms with E-state index in [9.17, 15) is 0 Å². The van der Waals surface area contributed by atoms with E-state index in [2.05, 4.69) is 17.7 Å². The van der Waals surface area contributed by atoms with Crippen molar-refractivity contribution in [2.45, 2.75) is 32.7 Å². The van der Waals surface area contributed by atoms with Gasteiger partial charge in [0.05, 0.1) is 17.6 Å². The lowest BCUT2D eigenvalue weighted by Crippen LogP contribution is -2.08. The third-order valence-electron chi connectivity index (χ3n) is 3.41. The van der Waals surface area contributed by atoms with Gasteiger partial charge < -0.3 is 15.0 Å². The van der Waals surface area contributed by atoms with Crippen molar-refractivity contribution < 1.29 is 4.74 Å². The highest BCUT2D eigenvalue weighted by Crippen LogP contribution is 2.33. The summed E-state index contributed by atoms with van der Waals surface area (Å²) in [5.74, 6) is 0.734. The van der Waals surface area contributed by atoms with Gasteiger partial charge in [0.1, 0.15) is 5.75 Å². The number of fused-ring (bicyclic) bond motifs is 1. The van der Waals surface area contributed by atoms with Gasteiger partial charge >= 0.3 is 0 Å². The van der Waals surface area contributed by atoms with Crippen molar-refractivity contribution in [1.29, 1.82) is 0 Å². The number of nitrogens with zero attached hydrogens (tertiary/aromatic N) is 1. The van der Waals surface area contributed by atoms with Crippen molar-refractivity contribution in [2.24, 2.45) is 5.73 Å². The van der Waals surface area contributed by atoms with Crippen LogP contribution in [0.25, 0.3) is 10.9 Å². The van der Waals surface area contributed by atoms with Crippen molar-refractivity contribution >= 4 is 22.5 Å². The molecule has 0 saturated carbocycles. The molecular weight excluding hydrogens is 260 g/mol. The maximum atomic E-state index is 6.22. The molecule has 0 spiro atoms.